The van der Waals surface area contributed by atoms with Gasteiger partial charge in [-0.25, -0.2) is 0 Å². The summed E-state index contributed by atoms with van der Waals surface area (Å²) in [6.45, 7) is 8.83. The number of aliphatic hydroxyl groups excluding tert-OH is 2. The van der Waals surface area contributed by atoms with E-state index in [-0.39, 0.29) is 28.6 Å². The summed E-state index contributed by atoms with van der Waals surface area (Å²) in [6.07, 6.45) is 5.72. The summed E-state index contributed by atoms with van der Waals surface area (Å²) >= 11 is 0. The van der Waals surface area contributed by atoms with Crippen molar-refractivity contribution in [2.45, 2.75) is 71.0 Å². The first-order valence-corrected chi connectivity index (χ1v) is 9.36. The zero-order valence-corrected chi connectivity index (χ0v) is 14.4. The Morgan fingerprint density at radius 1 is 1.00 bits per heavy atom. The van der Waals surface area contributed by atoms with Crippen molar-refractivity contribution in [3.05, 3.63) is 12.2 Å². The van der Waals surface area contributed by atoms with Gasteiger partial charge in [0.25, 0.3) is 0 Å². The molecule has 0 saturated heterocycles. The van der Waals surface area contributed by atoms with Gasteiger partial charge in [0.05, 0.1) is 6.10 Å². The Morgan fingerprint density at radius 3 is 2.39 bits per heavy atom. The molecule has 4 aliphatic carbocycles. The maximum Gasteiger partial charge on any atom is 0.168 e. The highest BCUT2D eigenvalue weighted by Gasteiger charge is 2.62. The third kappa shape index (κ3) is 1.93. The van der Waals surface area contributed by atoms with Crippen molar-refractivity contribution < 1.29 is 15.0 Å². The largest absolute Gasteiger partial charge is 0.393 e. The summed E-state index contributed by atoms with van der Waals surface area (Å²) in [5, 5.41) is 20.6. The van der Waals surface area contributed by atoms with Gasteiger partial charge in [0.15, 0.2) is 5.78 Å². The van der Waals surface area contributed by atoms with Crippen LogP contribution in [0.15, 0.2) is 12.2 Å². The van der Waals surface area contributed by atoms with Crippen LogP contribution in [0.4, 0.5) is 0 Å². The molecular weight excluding hydrogens is 288 g/mol. The second kappa shape index (κ2) is 4.92. The van der Waals surface area contributed by atoms with Crippen molar-refractivity contribution in [2.24, 2.45) is 34.5 Å². The topological polar surface area (TPSA) is 57.5 Å². The van der Waals surface area contributed by atoms with Crippen LogP contribution in [0.3, 0.4) is 0 Å². The molecule has 0 aromatic heterocycles. The van der Waals surface area contributed by atoms with Crippen LogP contribution < -0.4 is 0 Å². The molecule has 1 unspecified atom stereocenters. The van der Waals surface area contributed by atoms with Crippen LogP contribution in [0, 0.1) is 34.5 Å². The van der Waals surface area contributed by atoms with E-state index in [4.69, 9.17) is 0 Å². The van der Waals surface area contributed by atoms with Crippen LogP contribution >= 0.6 is 0 Å². The van der Waals surface area contributed by atoms with E-state index in [2.05, 4.69) is 20.4 Å². The number of Topliss-reactive ketones (excluding diaryl/α,β-unsaturated/α-hetero) is 1. The van der Waals surface area contributed by atoms with Crippen LogP contribution in [0.1, 0.15) is 58.8 Å². The fourth-order valence-electron chi connectivity index (χ4n) is 7.10. The molecule has 0 aromatic carbocycles. The van der Waals surface area contributed by atoms with Crippen LogP contribution in [-0.4, -0.2) is 28.2 Å². The van der Waals surface area contributed by atoms with Gasteiger partial charge in [0, 0.05) is 5.92 Å². The number of ketones is 1. The summed E-state index contributed by atoms with van der Waals surface area (Å²) in [5.74, 6) is 1.53. The molecule has 23 heavy (non-hydrogen) atoms. The first-order valence-electron chi connectivity index (χ1n) is 9.36. The van der Waals surface area contributed by atoms with Crippen molar-refractivity contribution in [3.63, 3.8) is 0 Å². The summed E-state index contributed by atoms with van der Waals surface area (Å²) in [7, 11) is 0. The predicted molar refractivity (Wildman–Crippen MR) is 88.7 cm³/mol. The fraction of sp³-hybridized carbons (Fsp3) is 0.850. The average molecular weight is 318 g/mol. The van der Waals surface area contributed by atoms with Gasteiger partial charge >= 0.3 is 0 Å². The summed E-state index contributed by atoms with van der Waals surface area (Å²) in [6, 6.07) is 0. The smallest absolute Gasteiger partial charge is 0.168 e. The third-order valence-corrected chi connectivity index (χ3v) is 8.37. The zero-order chi connectivity index (χ0) is 16.6. The van der Waals surface area contributed by atoms with Crippen molar-refractivity contribution in [1.82, 2.24) is 0 Å². The lowest BCUT2D eigenvalue weighted by molar-refractivity contribution is -0.153. The monoisotopic (exact) mass is 318 g/mol. The first-order chi connectivity index (χ1) is 10.8. The molecule has 0 amide bonds. The van der Waals surface area contributed by atoms with Gasteiger partial charge in [-0.1, -0.05) is 26.0 Å². The molecule has 0 radical (unpaired) electrons. The zero-order valence-electron chi connectivity index (χ0n) is 14.4. The lowest BCUT2D eigenvalue weighted by Gasteiger charge is -2.60. The van der Waals surface area contributed by atoms with Crippen LogP contribution in [0.2, 0.25) is 0 Å². The molecule has 0 aliphatic heterocycles. The van der Waals surface area contributed by atoms with E-state index in [0.29, 0.717) is 24.2 Å². The lowest BCUT2D eigenvalue weighted by atomic mass is 9.44. The highest BCUT2D eigenvalue weighted by molar-refractivity contribution is 5.89. The highest BCUT2D eigenvalue weighted by Crippen LogP contribution is 2.66. The van der Waals surface area contributed by atoms with E-state index in [0.717, 1.165) is 44.1 Å². The Bertz CT molecular complexity index is 555. The maximum absolute atomic E-state index is 12.6. The van der Waals surface area contributed by atoms with Gasteiger partial charge < -0.3 is 10.2 Å². The van der Waals surface area contributed by atoms with Gasteiger partial charge in [-0.2, -0.15) is 0 Å². The quantitative estimate of drug-likeness (QED) is 0.675. The standard InChI is InChI=1S/C20H30O3/c1-11-10-12-13-4-5-16(22)19(13,2)8-6-14(12)20(3)9-7-15(21)18(23)17(11)20/h12-17,21-22H,1,4-10H2,2-3H3/t12-,13-,14-,15-,16-,17?,19-,20+/m0/s1. The molecule has 4 aliphatic rings. The number of aliphatic hydroxyl groups is 2. The van der Waals surface area contributed by atoms with Crippen molar-refractivity contribution >= 4 is 5.78 Å². The van der Waals surface area contributed by atoms with E-state index < -0.39 is 6.10 Å². The molecule has 0 spiro atoms. The Kier molecular flexibility index (Phi) is 3.39. The van der Waals surface area contributed by atoms with E-state index in [9.17, 15) is 15.0 Å². The number of allylic oxidation sites excluding steroid dienone is 1. The van der Waals surface area contributed by atoms with Gasteiger partial charge in [-0.05, 0) is 73.5 Å². The Labute approximate surface area is 139 Å². The molecule has 128 valence electrons. The summed E-state index contributed by atoms with van der Waals surface area (Å²) < 4.78 is 0. The summed E-state index contributed by atoms with van der Waals surface area (Å²) in [5.41, 5.74) is 1.07. The minimum absolute atomic E-state index is 0.0157. The Hall–Kier alpha value is -0.670. The molecule has 0 bridgehead atoms. The van der Waals surface area contributed by atoms with Crippen molar-refractivity contribution in [1.29, 1.82) is 0 Å². The fourth-order valence-corrected chi connectivity index (χ4v) is 7.10. The second-order valence-electron chi connectivity index (χ2n) is 9.27. The highest BCUT2D eigenvalue weighted by atomic mass is 16.3. The number of rotatable bonds is 0. The van der Waals surface area contributed by atoms with Gasteiger partial charge in [0.2, 0.25) is 0 Å². The Morgan fingerprint density at radius 2 is 1.65 bits per heavy atom. The van der Waals surface area contributed by atoms with E-state index in [1.807, 2.05) is 0 Å². The molecule has 4 rings (SSSR count). The van der Waals surface area contributed by atoms with Crippen molar-refractivity contribution in [2.75, 3.05) is 0 Å². The second-order valence-corrected chi connectivity index (χ2v) is 9.27. The van der Waals surface area contributed by atoms with E-state index >= 15 is 0 Å². The molecule has 4 fully saturated rings. The lowest BCUT2D eigenvalue weighted by Crippen LogP contribution is -2.57. The number of hydrogen-bond donors (Lipinski definition) is 2. The molecule has 2 N–H and O–H groups in total. The molecular formula is C20H30O3. The van der Waals surface area contributed by atoms with Crippen LogP contribution in [0.25, 0.3) is 0 Å². The van der Waals surface area contributed by atoms with Gasteiger partial charge in [-0.15, -0.1) is 0 Å². The third-order valence-electron chi connectivity index (χ3n) is 8.37. The molecule has 0 aromatic rings. The minimum atomic E-state index is -0.788. The number of hydrogen-bond acceptors (Lipinski definition) is 3. The van der Waals surface area contributed by atoms with E-state index in [1.54, 1.807) is 0 Å². The Balaban J connectivity index is 1.71. The maximum atomic E-state index is 12.6. The number of carbonyl (C=O) groups excluding carboxylic acids is 1. The number of carbonyl (C=O) groups is 1. The normalized spacial score (nSPS) is 56.0. The molecule has 4 saturated carbocycles. The molecule has 3 nitrogen and oxygen atoms in total. The van der Waals surface area contributed by atoms with Gasteiger partial charge in [-0.3, -0.25) is 4.79 Å². The summed E-state index contributed by atoms with van der Waals surface area (Å²) in [4.78, 5) is 12.6. The van der Waals surface area contributed by atoms with E-state index in [1.165, 1.54) is 0 Å². The predicted octanol–water partition coefficient (Wildman–Crippen LogP) is 3.10. The molecule has 0 heterocycles. The van der Waals surface area contributed by atoms with Crippen molar-refractivity contribution in [3.8, 4) is 0 Å². The SMILES string of the molecule is C=C1C[C@H]2[C@@H]3CC[C@H](O)[C@@]3(C)CC[C@@H]2[C@@]2(C)CC[C@H](O)C(=O)C12. The molecule has 8 atom stereocenters. The number of fused-ring (bicyclic) bond motifs is 5. The average Bonchev–Trinajstić information content (AvgIpc) is 2.79. The first kappa shape index (κ1) is 15.8. The van der Waals surface area contributed by atoms with Crippen LogP contribution in [0.5, 0.6) is 0 Å². The molecule has 3 heteroatoms. The van der Waals surface area contributed by atoms with Gasteiger partial charge in [0.1, 0.15) is 6.10 Å². The minimum Gasteiger partial charge on any atom is -0.393 e. The van der Waals surface area contributed by atoms with Crippen LogP contribution in [-0.2, 0) is 4.79 Å².